The number of nitrogens with zero attached hydrogens (tertiary/aromatic N) is 2. The highest BCUT2D eigenvalue weighted by atomic mass is 16.4. The van der Waals surface area contributed by atoms with E-state index in [-0.39, 0.29) is 18.6 Å². The van der Waals surface area contributed by atoms with Crippen LogP contribution in [0.1, 0.15) is 46.0 Å². The Kier molecular flexibility index (Phi) is 4.32. The summed E-state index contributed by atoms with van der Waals surface area (Å²) in [6.45, 7) is 4.33. The molecule has 2 unspecified atom stereocenters. The Morgan fingerprint density at radius 2 is 1.95 bits per heavy atom. The van der Waals surface area contributed by atoms with Crippen molar-refractivity contribution in [1.82, 2.24) is 9.80 Å². The summed E-state index contributed by atoms with van der Waals surface area (Å²) in [4.78, 5) is 26.9. The van der Waals surface area contributed by atoms with Crippen LogP contribution in [0.2, 0.25) is 0 Å². The average Bonchev–Trinajstić information content (AvgIpc) is 2.78. The predicted octanol–water partition coefficient (Wildman–Crippen LogP) is 2.17. The van der Waals surface area contributed by atoms with Crippen molar-refractivity contribution in [2.24, 2.45) is 5.92 Å². The Balaban J connectivity index is 2.06. The fraction of sp³-hybridized carbons (Fsp3) is 0.857. The van der Waals surface area contributed by atoms with E-state index in [1.807, 2.05) is 18.7 Å². The van der Waals surface area contributed by atoms with Gasteiger partial charge in [-0.25, -0.2) is 4.79 Å². The van der Waals surface area contributed by atoms with E-state index in [4.69, 9.17) is 5.11 Å². The van der Waals surface area contributed by atoms with Gasteiger partial charge in [0.05, 0.1) is 0 Å². The van der Waals surface area contributed by atoms with E-state index in [2.05, 4.69) is 0 Å². The van der Waals surface area contributed by atoms with E-state index in [9.17, 15) is 9.59 Å². The second-order valence-electron chi connectivity index (χ2n) is 5.99. The number of hydrogen-bond donors (Lipinski definition) is 1. The van der Waals surface area contributed by atoms with Crippen molar-refractivity contribution in [3.8, 4) is 0 Å². The maximum absolute atomic E-state index is 12.6. The van der Waals surface area contributed by atoms with E-state index >= 15 is 0 Å². The maximum atomic E-state index is 12.6. The molecule has 0 aromatic carbocycles. The topological polar surface area (TPSA) is 60.9 Å². The SMILES string of the molecule is CC(C)N(CC(=O)O)C(=O)N1CCC2CCCCC21. The van der Waals surface area contributed by atoms with Crippen molar-refractivity contribution < 1.29 is 14.7 Å². The van der Waals surface area contributed by atoms with Gasteiger partial charge in [0.1, 0.15) is 6.54 Å². The van der Waals surface area contributed by atoms with Crippen LogP contribution in [0.4, 0.5) is 4.79 Å². The molecular weight excluding hydrogens is 244 g/mol. The van der Waals surface area contributed by atoms with E-state index in [1.54, 1.807) is 0 Å². The third-order valence-electron chi connectivity index (χ3n) is 4.43. The number of rotatable bonds is 3. The van der Waals surface area contributed by atoms with Crippen LogP contribution < -0.4 is 0 Å². The fourth-order valence-corrected chi connectivity index (χ4v) is 3.43. The molecule has 2 amide bonds. The van der Waals surface area contributed by atoms with Crippen LogP contribution in [0.5, 0.6) is 0 Å². The molecule has 1 aliphatic carbocycles. The van der Waals surface area contributed by atoms with Crippen molar-refractivity contribution >= 4 is 12.0 Å². The summed E-state index contributed by atoms with van der Waals surface area (Å²) in [7, 11) is 0. The zero-order valence-corrected chi connectivity index (χ0v) is 11.8. The molecule has 108 valence electrons. The molecule has 1 heterocycles. The van der Waals surface area contributed by atoms with Crippen LogP contribution >= 0.6 is 0 Å². The Bertz CT molecular complexity index is 357. The van der Waals surface area contributed by atoms with Gasteiger partial charge in [0.15, 0.2) is 0 Å². The van der Waals surface area contributed by atoms with Gasteiger partial charge < -0.3 is 14.9 Å². The summed E-state index contributed by atoms with van der Waals surface area (Å²) in [5.41, 5.74) is 0. The first-order valence-electron chi connectivity index (χ1n) is 7.29. The summed E-state index contributed by atoms with van der Waals surface area (Å²) in [5.74, 6) is -0.307. The van der Waals surface area contributed by atoms with Crippen molar-refractivity contribution in [1.29, 1.82) is 0 Å². The Morgan fingerprint density at radius 1 is 1.26 bits per heavy atom. The van der Waals surface area contributed by atoms with Gasteiger partial charge in [-0.15, -0.1) is 0 Å². The molecule has 1 saturated carbocycles. The van der Waals surface area contributed by atoms with Crippen LogP contribution in [0, 0.1) is 5.92 Å². The molecule has 1 aliphatic heterocycles. The summed E-state index contributed by atoms with van der Waals surface area (Å²) in [6, 6.07) is 0.175. The van der Waals surface area contributed by atoms with Gasteiger partial charge in [-0.2, -0.15) is 0 Å². The molecule has 1 saturated heterocycles. The molecule has 0 aromatic rings. The molecule has 2 aliphatic rings. The average molecular weight is 268 g/mol. The van der Waals surface area contributed by atoms with E-state index in [1.165, 1.54) is 24.2 Å². The minimum Gasteiger partial charge on any atom is -0.480 e. The number of carboxylic acids is 1. The molecule has 1 N–H and O–H groups in total. The van der Waals surface area contributed by atoms with Crippen molar-refractivity contribution in [3.05, 3.63) is 0 Å². The summed E-state index contributed by atoms with van der Waals surface area (Å²) in [6.07, 6.45) is 5.83. The van der Waals surface area contributed by atoms with Crippen molar-refractivity contribution in [2.75, 3.05) is 13.1 Å². The highest BCUT2D eigenvalue weighted by Crippen LogP contribution is 2.36. The number of aliphatic carboxylic acids is 1. The molecule has 0 spiro atoms. The highest BCUT2D eigenvalue weighted by molar-refractivity contribution is 5.81. The number of carbonyl (C=O) groups is 2. The number of fused-ring (bicyclic) bond motifs is 1. The Hall–Kier alpha value is -1.26. The predicted molar refractivity (Wildman–Crippen MR) is 71.9 cm³/mol. The lowest BCUT2D eigenvalue weighted by Gasteiger charge is -2.36. The van der Waals surface area contributed by atoms with Gasteiger partial charge in [-0.1, -0.05) is 12.8 Å². The second kappa shape index (κ2) is 5.80. The summed E-state index contributed by atoms with van der Waals surface area (Å²) in [5, 5.41) is 8.94. The maximum Gasteiger partial charge on any atom is 0.323 e. The molecule has 2 rings (SSSR count). The smallest absolute Gasteiger partial charge is 0.323 e. The fourth-order valence-electron chi connectivity index (χ4n) is 3.43. The van der Waals surface area contributed by atoms with E-state index < -0.39 is 5.97 Å². The second-order valence-corrected chi connectivity index (χ2v) is 5.99. The lowest BCUT2D eigenvalue weighted by molar-refractivity contribution is -0.138. The minimum atomic E-state index is -0.943. The first-order chi connectivity index (χ1) is 9.00. The molecular formula is C14H24N2O3. The molecule has 0 bridgehead atoms. The normalized spacial score (nSPS) is 26.4. The monoisotopic (exact) mass is 268 g/mol. The first kappa shape index (κ1) is 14.2. The van der Waals surface area contributed by atoms with Crippen LogP contribution in [0.25, 0.3) is 0 Å². The van der Waals surface area contributed by atoms with Crippen molar-refractivity contribution in [3.63, 3.8) is 0 Å². The Morgan fingerprint density at radius 3 is 2.58 bits per heavy atom. The number of amides is 2. The highest BCUT2D eigenvalue weighted by Gasteiger charge is 2.40. The van der Waals surface area contributed by atoms with Crippen LogP contribution in [-0.2, 0) is 4.79 Å². The third kappa shape index (κ3) is 3.01. The van der Waals surface area contributed by atoms with Gasteiger partial charge in [0, 0.05) is 18.6 Å². The molecule has 5 nitrogen and oxygen atoms in total. The van der Waals surface area contributed by atoms with Gasteiger partial charge in [-0.05, 0) is 39.0 Å². The Labute approximate surface area is 114 Å². The number of urea groups is 1. The molecule has 19 heavy (non-hydrogen) atoms. The molecule has 5 heteroatoms. The van der Waals surface area contributed by atoms with Crippen molar-refractivity contribution in [2.45, 2.75) is 58.0 Å². The summed E-state index contributed by atoms with van der Waals surface area (Å²) < 4.78 is 0. The zero-order chi connectivity index (χ0) is 14.0. The van der Waals surface area contributed by atoms with Crippen LogP contribution in [0.15, 0.2) is 0 Å². The van der Waals surface area contributed by atoms with E-state index in [0.29, 0.717) is 12.0 Å². The third-order valence-corrected chi connectivity index (χ3v) is 4.43. The zero-order valence-electron chi connectivity index (χ0n) is 11.8. The van der Waals surface area contributed by atoms with Gasteiger partial charge in [-0.3, -0.25) is 4.79 Å². The summed E-state index contributed by atoms with van der Waals surface area (Å²) >= 11 is 0. The quantitative estimate of drug-likeness (QED) is 0.853. The lowest BCUT2D eigenvalue weighted by atomic mass is 9.85. The largest absolute Gasteiger partial charge is 0.480 e. The molecule has 0 aromatic heterocycles. The van der Waals surface area contributed by atoms with Crippen LogP contribution in [0.3, 0.4) is 0 Å². The lowest BCUT2D eigenvalue weighted by Crippen LogP contribution is -2.51. The van der Waals surface area contributed by atoms with Crippen LogP contribution in [-0.4, -0.2) is 52.1 Å². The number of likely N-dealkylation sites (tertiary alicyclic amines) is 1. The molecule has 2 fully saturated rings. The standard InChI is InChI=1S/C14H24N2O3/c1-10(2)16(9-13(17)18)14(19)15-8-7-11-5-3-4-6-12(11)15/h10-12H,3-9H2,1-2H3,(H,17,18). The minimum absolute atomic E-state index is 0.0776. The van der Waals surface area contributed by atoms with Gasteiger partial charge in [0.25, 0.3) is 0 Å². The molecule has 0 radical (unpaired) electrons. The van der Waals surface area contributed by atoms with Gasteiger partial charge >= 0.3 is 12.0 Å². The van der Waals surface area contributed by atoms with E-state index in [0.717, 1.165) is 19.4 Å². The number of carbonyl (C=O) groups excluding carboxylic acids is 1. The molecule has 2 atom stereocenters. The first-order valence-corrected chi connectivity index (χ1v) is 7.29. The van der Waals surface area contributed by atoms with Gasteiger partial charge in [0.2, 0.25) is 0 Å². The number of hydrogen-bond acceptors (Lipinski definition) is 2. The number of carboxylic acid groups (broad SMARTS) is 1.